The molecule has 1 aliphatic rings. The molecule has 3 nitrogen and oxygen atoms in total. The fourth-order valence-electron chi connectivity index (χ4n) is 1.60. The molecule has 88 valence electrons. The molecular formula is C11H17BO3S. The SMILES string of the molecule is COc1ccsc1B1OC(C)(C)C(C)(C)O1. The van der Waals surface area contributed by atoms with Crippen LogP contribution in [0.25, 0.3) is 0 Å². The van der Waals surface area contributed by atoms with Gasteiger partial charge in [-0.05, 0) is 39.1 Å². The number of hydrogen-bond acceptors (Lipinski definition) is 4. The fraction of sp³-hybridized carbons (Fsp3) is 0.636. The van der Waals surface area contributed by atoms with Crippen molar-refractivity contribution in [2.24, 2.45) is 0 Å². The quantitative estimate of drug-likeness (QED) is 0.740. The highest BCUT2D eigenvalue weighted by Gasteiger charge is 2.52. The molecule has 0 spiro atoms. The van der Waals surface area contributed by atoms with Crippen LogP contribution in [0.5, 0.6) is 5.75 Å². The molecule has 2 rings (SSSR count). The zero-order valence-electron chi connectivity index (χ0n) is 10.4. The Balaban J connectivity index is 2.27. The van der Waals surface area contributed by atoms with E-state index in [0.717, 1.165) is 10.5 Å². The predicted octanol–water partition coefficient (Wildman–Crippen LogP) is 2.06. The molecule has 1 fully saturated rings. The first-order valence-corrected chi connectivity index (χ1v) is 6.22. The summed E-state index contributed by atoms with van der Waals surface area (Å²) in [7, 11) is 1.34. The highest BCUT2D eigenvalue weighted by atomic mass is 32.1. The Labute approximate surface area is 101 Å². The minimum absolute atomic E-state index is 0.299. The van der Waals surface area contributed by atoms with Crippen molar-refractivity contribution in [3.05, 3.63) is 11.4 Å². The van der Waals surface area contributed by atoms with E-state index in [1.54, 1.807) is 18.4 Å². The van der Waals surface area contributed by atoms with Crippen molar-refractivity contribution >= 4 is 23.2 Å². The number of ether oxygens (including phenoxy) is 1. The molecule has 0 saturated carbocycles. The molecule has 0 aliphatic carbocycles. The lowest BCUT2D eigenvalue weighted by atomic mass is 9.87. The Bertz CT molecular complexity index is 370. The third-order valence-electron chi connectivity index (χ3n) is 3.34. The molecule has 0 unspecified atom stereocenters. The average molecular weight is 240 g/mol. The van der Waals surface area contributed by atoms with Gasteiger partial charge >= 0.3 is 7.12 Å². The molecule has 0 amide bonds. The van der Waals surface area contributed by atoms with Gasteiger partial charge in [-0.3, -0.25) is 0 Å². The van der Waals surface area contributed by atoms with Crippen LogP contribution in [0.1, 0.15) is 27.7 Å². The van der Waals surface area contributed by atoms with E-state index in [1.807, 2.05) is 39.1 Å². The van der Waals surface area contributed by atoms with Crippen LogP contribution in [-0.4, -0.2) is 25.4 Å². The fourth-order valence-corrected chi connectivity index (χ4v) is 2.41. The molecular weight excluding hydrogens is 223 g/mol. The Morgan fingerprint density at radius 1 is 1.19 bits per heavy atom. The second kappa shape index (κ2) is 3.76. The van der Waals surface area contributed by atoms with Crippen LogP contribution in [0.15, 0.2) is 11.4 Å². The van der Waals surface area contributed by atoms with E-state index < -0.39 is 0 Å². The molecule has 16 heavy (non-hydrogen) atoms. The van der Waals surface area contributed by atoms with Crippen molar-refractivity contribution in [3.8, 4) is 5.75 Å². The molecule has 1 aromatic rings. The van der Waals surface area contributed by atoms with Crippen LogP contribution in [0.2, 0.25) is 0 Å². The summed E-state index contributed by atoms with van der Waals surface area (Å²) in [6, 6.07) is 1.94. The summed E-state index contributed by atoms with van der Waals surface area (Å²) in [6.07, 6.45) is 0. The van der Waals surface area contributed by atoms with E-state index in [4.69, 9.17) is 14.0 Å². The standard InChI is InChI=1S/C11H17BO3S/c1-10(2)11(3,4)15-12(14-10)9-8(13-5)6-7-16-9/h6-7H,1-5H3. The second-order valence-electron chi connectivity index (χ2n) is 4.94. The number of hydrogen-bond donors (Lipinski definition) is 0. The highest BCUT2D eigenvalue weighted by molar-refractivity contribution is 7.21. The molecule has 0 radical (unpaired) electrons. The second-order valence-corrected chi connectivity index (χ2v) is 5.89. The molecule has 0 atom stereocenters. The molecule has 0 N–H and O–H groups in total. The summed E-state index contributed by atoms with van der Waals surface area (Å²) in [5.74, 6) is 0.837. The number of methoxy groups -OCH3 is 1. The van der Waals surface area contributed by atoms with Gasteiger partial charge in [0.05, 0.1) is 23.1 Å². The van der Waals surface area contributed by atoms with Gasteiger partial charge in [0.15, 0.2) is 0 Å². The van der Waals surface area contributed by atoms with Crippen LogP contribution >= 0.6 is 11.3 Å². The first-order valence-electron chi connectivity index (χ1n) is 5.34. The summed E-state index contributed by atoms with van der Waals surface area (Å²) in [5.41, 5.74) is -0.598. The molecule has 0 bridgehead atoms. The van der Waals surface area contributed by atoms with Gasteiger partial charge < -0.3 is 14.0 Å². The van der Waals surface area contributed by atoms with Crippen molar-refractivity contribution in [1.29, 1.82) is 0 Å². The van der Waals surface area contributed by atoms with E-state index in [0.29, 0.717) is 0 Å². The van der Waals surface area contributed by atoms with Gasteiger partial charge in [-0.2, -0.15) is 0 Å². The lowest BCUT2D eigenvalue weighted by Crippen LogP contribution is -2.41. The number of thiophene rings is 1. The maximum Gasteiger partial charge on any atom is 0.509 e. The summed E-state index contributed by atoms with van der Waals surface area (Å²) < 4.78 is 18.2. The first kappa shape index (κ1) is 12.0. The maximum atomic E-state index is 5.96. The van der Waals surface area contributed by atoms with Crippen LogP contribution in [0.3, 0.4) is 0 Å². The van der Waals surface area contributed by atoms with Crippen LogP contribution in [0, 0.1) is 0 Å². The zero-order chi connectivity index (χ0) is 12.0. The molecule has 5 heteroatoms. The van der Waals surface area contributed by atoms with Gasteiger partial charge in [0, 0.05) is 0 Å². The lowest BCUT2D eigenvalue weighted by Gasteiger charge is -2.32. The Hall–Kier alpha value is -0.515. The number of rotatable bonds is 2. The molecule has 2 heterocycles. The van der Waals surface area contributed by atoms with Crippen LogP contribution in [0.4, 0.5) is 0 Å². The minimum atomic E-state index is -0.319. The van der Waals surface area contributed by atoms with E-state index in [9.17, 15) is 0 Å². The molecule has 1 aliphatic heterocycles. The van der Waals surface area contributed by atoms with Crippen molar-refractivity contribution in [2.45, 2.75) is 38.9 Å². The van der Waals surface area contributed by atoms with Gasteiger partial charge in [-0.25, -0.2) is 0 Å². The zero-order valence-corrected chi connectivity index (χ0v) is 11.2. The van der Waals surface area contributed by atoms with Crippen LogP contribution < -0.4 is 9.51 Å². The van der Waals surface area contributed by atoms with Gasteiger partial charge in [0.2, 0.25) is 0 Å². The third-order valence-corrected chi connectivity index (χ3v) is 4.26. The summed E-state index contributed by atoms with van der Waals surface area (Å²) in [6.45, 7) is 8.19. The van der Waals surface area contributed by atoms with Gasteiger partial charge in [-0.1, -0.05) is 0 Å². The van der Waals surface area contributed by atoms with Crippen molar-refractivity contribution in [2.75, 3.05) is 7.11 Å². The normalized spacial score (nSPS) is 22.4. The van der Waals surface area contributed by atoms with E-state index >= 15 is 0 Å². The Morgan fingerprint density at radius 2 is 1.75 bits per heavy atom. The Morgan fingerprint density at radius 3 is 2.25 bits per heavy atom. The topological polar surface area (TPSA) is 27.7 Å². The lowest BCUT2D eigenvalue weighted by molar-refractivity contribution is 0.00578. The van der Waals surface area contributed by atoms with E-state index in [1.165, 1.54) is 0 Å². The van der Waals surface area contributed by atoms with Gasteiger partial charge in [0.1, 0.15) is 5.75 Å². The predicted molar refractivity (Wildman–Crippen MR) is 66.6 cm³/mol. The molecule has 0 aromatic carbocycles. The van der Waals surface area contributed by atoms with Crippen molar-refractivity contribution in [3.63, 3.8) is 0 Å². The minimum Gasteiger partial charge on any atom is -0.496 e. The monoisotopic (exact) mass is 240 g/mol. The van der Waals surface area contributed by atoms with E-state index in [2.05, 4.69) is 0 Å². The first-order chi connectivity index (χ1) is 7.37. The average Bonchev–Trinajstić information content (AvgIpc) is 2.69. The highest BCUT2D eigenvalue weighted by Crippen LogP contribution is 2.37. The summed E-state index contributed by atoms with van der Waals surface area (Å²) in [4.78, 5) is 0. The van der Waals surface area contributed by atoms with E-state index in [-0.39, 0.29) is 18.3 Å². The molecule has 1 saturated heterocycles. The van der Waals surface area contributed by atoms with Crippen molar-refractivity contribution in [1.82, 2.24) is 0 Å². The molecule has 1 aromatic heterocycles. The largest absolute Gasteiger partial charge is 0.509 e. The smallest absolute Gasteiger partial charge is 0.496 e. The third kappa shape index (κ3) is 1.77. The summed E-state index contributed by atoms with van der Waals surface area (Å²) in [5, 5.41) is 1.99. The maximum absolute atomic E-state index is 5.96. The van der Waals surface area contributed by atoms with Gasteiger partial charge in [-0.15, -0.1) is 11.3 Å². The van der Waals surface area contributed by atoms with Crippen molar-refractivity contribution < 1.29 is 14.0 Å². The summed E-state index contributed by atoms with van der Waals surface area (Å²) >= 11 is 1.60. The van der Waals surface area contributed by atoms with Gasteiger partial charge in [0.25, 0.3) is 0 Å². The Kier molecular flexibility index (Phi) is 2.81. The van der Waals surface area contributed by atoms with Crippen LogP contribution in [-0.2, 0) is 9.31 Å².